The number of nitrogens with one attached hydrogen (secondary N) is 1. The monoisotopic (exact) mass is 277 g/mol. The fraction of sp³-hybridized carbons (Fsp3) is 1.00. The van der Waals surface area contributed by atoms with Gasteiger partial charge in [0, 0.05) is 13.1 Å². The third-order valence-electron chi connectivity index (χ3n) is 6.98. The molecule has 3 spiro atoms. The zero-order valence-corrected chi connectivity index (χ0v) is 13.0. The highest BCUT2D eigenvalue weighted by atomic mass is 16.5. The molecule has 20 heavy (non-hydrogen) atoms. The molecule has 1 heterocycles. The molecule has 2 heteroatoms. The highest BCUT2D eigenvalue weighted by Gasteiger charge is 2.50. The zero-order valence-electron chi connectivity index (χ0n) is 13.0. The molecular formula is C18H31NO. The number of ether oxygens (including phenoxy) is 1. The molecule has 0 aromatic rings. The van der Waals surface area contributed by atoms with Crippen molar-refractivity contribution >= 4 is 0 Å². The third-order valence-corrected chi connectivity index (χ3v) is 6.98. The van der Waals surface area contributed by atoms with Crippen molar-refractivity contribution < 1.29 is 4.74 Å². The molecule has 0 atom stereocenters. The Kier molecular flexibility index (Phi) is 3.38. The van der Waals surface area contributed by atoms with E-state index in [0.717, 1.165) is 18.5 Å². The first-order valence-electron chi connectivity index (χ1n) is 9.15. The second kappa shape index (κ2) is 4.98. The van der Waals surface area contributed by atoms with Gasteiger partial charge in [0.25, 0.3) is 0 Å². The van der Waals surface area contributed by atoms with Crippen LogP contribution in [0.5, 0.6) is 0 Å². The minimum atomic E-state index is 0.198. The number of hydrogen-bond acceptors (Lipinski definition) is 2. The molecule has 2 nitrogen and oxygen atoms in total. The van der Waals surface area contributed by atoms with Crippen LogP contribution in [0.1, 0.15) is 83.5 Å². The summed E-state index contributed by atoms with van der Waals surface area (Å²) >= 11 is 0. The summed E-state index contributed by atoms with van der Waals surface area (Å²) in [6, 6.07) is 0. The molecule has 1 aliphatic heterocycles. The molecule has 114 valence electrons. The Balaban J connectivity index is 1.45. The quantitative estimate of drug-likeness (QED) is 0.717. The summed E-state index contributed by atoms with van der Waals surface area (Å²) in [5.74, 6) is 0. The fourth-order valence-electron chi connectivity index (χ4n) is 5.66. The smallest absolute Gasteiger partial charge is 0.0814 e. The van der Waals surface area contributed by atoms with Gasteiger partial charge < -0.3 is 10.1 Å². The Morgan fingerprint density at radius 3 is 1.75 bits per heavy atom. The Bertz CT molecular complexity index is 337. The molecule has 4 rings (SSSR count). The summed E-state index contributed by atoms with van der Waals surface area (Å²) in [5.41, 5.74) is 1.13. The van der Waals surface area contributed by atoms with E-state index in [1.165, 1.54) is 83.5 Å². The Morgan fingerprint density at radius 2 is 1.10 bits per heavy atom. The van der Waals surface area contributed by atoms with E-state index >= 15 is 0 Å². The number of morpholine rings is 1. The molecule has 3 aliphatic carbocycles. The minimum absolute atomic E-state index is 0.198. The van der Waals surface area contributed by atoms with E-state index in [2.05, 4.69) is 5.32 Å². The van der Waals surface area contributed by atoms with Gasteiger partial charge in [-0.15, -0.1) is 0 Å². The maximum atomic E-state index is 6.88. The Labute approximate surface area is 124 Å². The molecule has 0 bridgehead atoms. The minimum Gasteiger partial charge on any atom is -0.366 e. The van der Waals surface area contributed by atoms with Gasteiger partial charge >= 0.3 is 0 Å². The van der Waals surface area contributed by atoms with Gasteiger partial charge in [-0.1, -0.05) is 32.1 Å². The highest BCUT2D eigenvalue weighted by molar-refractivity contribution is 5.03. The van der Waals surface area contributed by atoms with Gasteiger partial charge in [0.2, 0.25) is 0 Å². The van der Waals surface area contributed by atoms with E-state index in [4.69, 9.17) is 4.74 Å². The summed E-state index contributed by atoms with van der Waals surface area (Å²) in [4.78, 5) is 0. The third kappa shape index (κ3) is 2.33. The van der Waals surface area contributed by atoms with Crippen LogP contribution in [0.3, 0.4) is 0 Å². The largest absolute Gasteiger partial charge is 0.366 e. The number of hydrogen-bond donors (Lipinski definition) is 1. The van der Waals surface area contributed by atoms with Crippen LogP contribution >= 0.6 is 0 Å². The van der Waals surface area contributed by atoms with Gasteiger partial charge in [-0.05, 0) is 56.8 Å². The molecule has 0 aromatic heterocycles. The molecule has 4 fully saturated rings. The van der Waals surface area contributed by atoms with Crippen LogP contribution < -0.4 is 5.32 Å². The van der Waals surface area contributed by atoms with Gasteiger partial charge in [0.1, 0.15) is 0 Å². The van der Waals surface area contributed by atoms with Crippen molar-refractivity contribution in [3.05, 3.63) is 0 Å². The van der Waals surface area contributed by atoms with Gasteiger partial charge in [-0.2, -0.15) is 0 Å². The topological polar surface area (TPSA) is 21.3 Å². The van der Waals surface area contributed by atoms with Crippen molar-refractivity contribution in [3.63, 3.8) is 0 Å². The van der Waals surface area contributed by atoms with Crippen LogP contribution in [-0.2, 0) is 4.74 Å². The molecule has 0 unspecified atom stereocenters. The van der Waals surface area contributed by atoms with Gasteiger partial charge in [-0.3, -0.25) is 0 Å². The van der Waals surface area contributed by atoms with Crippen molar-refractivity contribution in [3.8, 4) is 0 Å². The summed E-state index contributed by atoms with van der Waals surface area (Å²) < 4.78 is 6.88. The van der Waals surface area contributed by atoms with E-state index in [0.29, 0.717) is 0 Å². The maximum Gasteiger partial charge on any atom is 0.0814 e. The fourth-order valence-corrected chi connectivity index (χ4v) is 5.66. The maximum absolute atomic E-state index is 6.88. The SMILES string of the molecule is C1CCC2(CC1)CNCC1(CCC3(CCCC3)CC1)O2. The van der Waals surface area contributed by atoms with E-state index < -0.39 is 0 Å². The van der Waals surface area contributed by atoms with Crippen molar-refractivity contribution in [1.29, 1.82) is 0 Å². The lowest BCUT2D eigenvalue weighted by molar-refractivity contribution is -0.210. The molecule has 0 aromatic carbocycles. The normalized spacial score (nSPS) is 34.8. The zero-order chi connectivity index (χ0) is 13.5. The predicted molar refractivity (Wildman–Crippen MR) is 81.9 cm³/mol. The lowest BCUT2D eigenvalue weighted by Gasteiger charge is -2.54. The summed E-state index contributed by atoms with van der Waals surface area (Å²) in [5, 5.41) is 3.76. The average Bonchev–Trinajstić information content (AvgIpc) is 2.93. The molecular weight excluding hydrogens is 246 g/mol. The van der Waals surface area contributed by atoms with Crippen molar-refractivity contribution in [2.75, 3.05) is 13.1 Å². The van der Waals surface area contributed by atoms with Gasteiger partial charge in [0.05, 0.1) is 11.2 Å². The van der Waals surface area contributed by atoms with Crippen LogP contribution in [0, 0.1) is 5.41 Å². The summed E-state index contributed by atoms with van der Waals surface area (Å²) in [6.45, 7) is 2.23. The average molecular weight is 277 g/mol. The van der Waals surface area contributed by atoms with Crippen LogP contribution in [0.25, 0.3) is 0 Å². The first kappa shape index (κ1) is 13.6. The number of rotatable bonds is 0. The lowest BCUT2D eigenvalue weighted by Crippen LogP contribution is -2.62. The molecule has 0 amide bonds. The Morgan fingerprint density at radius 1 is 0.550 bits per heavy atom. The standard InChI is InChI=1S/C18H31NO/c1-2-8-17(9-3-1)14-19-15-18(20-17)12-10-16(11-13-18)6-4-5-7-16/h19H,1-15H2. The van der Waals surface area contributed by atoms with Crippen LogP contribution in [0.15, 0.2) is 0 Å². The van der Waals surface area contributed by atoms with E-state index in [1.54, 1.807) is 0 Å². The van der Waals surface area contributed by atoms with Gasteiger partial charge in [0.15, 0.2) is 0 Å². The first-order chi connectivity index (χ1) is 9.74. The highest BCUT2D eigenvalue weighted by Crippen LogP contribution is 2.53. The second-order valence-electron chi connectivity index (χ2n) is 8.34. The first-order valence-corrected chi connectivity index (χ1v) is 9.15. The predicted octanol–water partition coefficient (Wildman–Crippen LogP) is 4.18. The second-order valence-corrected chi connectivity index (χ2v) is 8.34. The Hall–Kier alpha value is -0.0800. The van der Waals surface area contributed by atoms with E-state index in [9.17, 15) is 0 Å². The molecule has 1 saturated heterocycles. The van der Waals surface area contributed by atoms with Crippen LogP contribution in [-0.4, -0.2) is 24.3 Å². The molecule has 3 saturated carbocycles. The van der Waals surface area contributed by atoms with Crippen LogP contribution in [0.4, 0.5) is 0 Å². The summed E-state index contributed by atoms with van der Waals surface area (Å²) in [6.07, 6.45) is 18.2. The van der Waals surface area contributed by atoms with E-state index in [-0.39, 0.29) is 11.2 Å². The lowest BCUT2D eigenvalue weighted by atomic mass is 9.66. The van der Waals surface area contributed by atoms with Crippen molar-refractivity contribution in [1.82, 2.24) is 5.32 Å². The summed E-state index contributed by atoms with van der Waals surface area (Å²) in [7, 11) is 0. The molecule has 4 aliphatic rings. The van der Waals surface area contributed by atoms with Crippen molar-refractivity contribution in [2.24, 2.45) is 5.41 Å². The van der Waals surface area contributed by atoms with E-state index in [1.807, 2.05) is 0 Å². The molecule has 0 radical (unpaired) electrons. The molecule has 1 N–H and O–H groups in total. The van der Waals surface area contributed by atoms with Gasteiger partial charge in [-0.25, -0.2) is 0 Å². The van der Waals surface area contributed by atoms with Crippen LogP contribution in [0.2, 0.25) is 0 Å². The van der Waals surface area contributed by atoms with Crippen molar-refractivity contribution in [2.45, 2.75) is 94.7 Å².